The molecule has 0 aliphatic carbocycles. The zero-order chi connectivity index (χ0) is 11.4. The van der Waals surface area contributed by atoms with Crippen molar-refractivity contribution in [2.24, 2.45) is 0 Å². The predicted molar refractivity (Wildman–Crippen MR) is 64.2 cm³/mol. The number of benzene rings is 1. The van der Waals surface area contributed by atoms with Crippen LogP contribution in [0.5, 0.6) is 5.75 Å². The molecular weight excluding hydrogens is 200 g/mol. The summed E-state index contributed by atoms with van der Waals surface area (Å²) in [4.78, 5) is 4.02. The molecule has 0 atom stereocenters. The van der Waals surface area contributed by atoms with E-state index in [0.29, 0.717) is 12.3 Å². The van der Waals surface area contributed by atoms with E-state index in [2.05, 4.69) is 4.98 Å². The van der Waals surface area contributed by atoms with Gasteiger partial charge in [-0.1, -0.05) is 18.2 Å². The van der Waals surface area contributed by atoms with Crippen LogP contribution in [0.15, 0.2) is 42.7 Å². The van der Waals surface area contributed by atoms with Gasteiger partial charge in [-0.05, 0) is 24.6 Å². The average Bonchev–Trinajstić information content (AvgIpc) is 2.30. The topological polar surface area (TPSA) is 48.1 Å². The molecule has 0 saturated heterocycles. The van der Waals surface area contributed by atoms with Gasteiger partial charge in [0.1, 0.15) is 12.4 Å². The molecule has 3 nitrogen and oxygen atoms in total. The van der Waals surface area contributed by atoms with E-state index in [1.54, 1.807) is 18.5 Å². The van der Waals surface area contributed by atoms with Crippen LogP contribution in [-0.2, 0) is 6.61 Å². The van der Waals surface area contributed by atoms with Crippen molar-refractivity contribution in [3.8, 4) is 5.75 Å². The summed E-state index contributed by atoms with van der Waals surface area (Å²) in [5.74, 6) is 0.880. The Labute approximate surface area is 94.9 Å². The quantitative estimate of drug-likeness (QED) is 0.854. The highest BCUT2D eigenvalue weighted by Gasteiger charge is 2.01. The molecule has 0 unspecified atom stereocenters. The number of anilines is 1. The molecule has 82 valence electrons. The van der Waals surface area contributed by atoms with Crippen LogP contribution in [0.2, 0.25) is 0 Å². The molecule has 2 rings (SSSR count). The Balaban J connectivity index is 2.09. The number of hydrogen-bond acceptors (Lipinski definition) is 3. The Morgan fingerprint density at radius 1 is 1.25 bits per heavy atom. The molecule has 2 aromatic rings. The Bertz CT molecular complexity index is 437. The van der Waals surface area contributed by atoms with E-state index >= 15 is 0 Å². The summed E-state index contributed by atoms with van der Waals surface area (Å²) in [6, 6.07) is 9.68. The smallest absolute Gasteiger partial charge is 0.122 e. The molecule has 0 aliphatic heterocycles. The number of nitrogens with two attached hydrogens (primary N) is 1. The lowest BCUT2D eigenvalue weighted by Gasteiger charge is -2.09. The van der Waals surface area contributed by atoms with Crippen LogP contribution in [0.1, 0.15) is 11.1 Å². The highest BCUT2D eigenvalue weighted by molar-refractivity contribution is 5.44. The first-order chi connectivity index (χ1) is 7.77. The van der Waals surface area contributed by atoms with Crippen LogP contribution in [0, 0.1) is 6.92 Å². The number of para-hydroxylation sites is 1. The molecule has 0 spiro atoms. The van der Waals surface area contributed by atoms with Crippen LogP contribution in [0.3, 0.4) is 0 Å². The van der Waals surface area contributed by atoms with E-state index < -0.39 is 0 Å². The number of aryl methyl sites for hydroxylation is 1. The van der Waals surface area contributed by atoms with Gasteiger partial charge in [-0.2, -0.15) is 0 Å². The SMILES string of the molecule is Cc1ccccc1OCc1cnccc1N. The van der Waals surface area contributed by atoms with Gasteiger partial charge in [0, 0.05) is 23.6 Å². The van der Waals surface area contributed by atoms with E-state index in [1.807, 2.05) is 31.2 Å². The number of rotatable bonds is 3. The molecule has 1 heterocycles. The number of ether oxygens (including phenoxy) is 1. The lowest BCUT2D eigenvalue weighted by molar-refractivity contribution is 0.304. The van der Waals surface area contributed by atoms with E-state index in [4.69, 9.17) is 10.5 Å². The van der Waals surface area contributed by atoms with Crippen LogP contribution >= 0.6 is 0 Å². The van der Waals surface area contributed by atoms with E-state index in [-0.39, 0.29) is 0 Å². The molecule has 0 saturated carbocycles. The highest BCUT2D eigenvalue weighted by atomic mass is 16.5. The molecule has 16 heavy (non-hydrogen) atoms. The molecule has 1 aromatic heterocycles. The Hall–Kier alpha value is -2.03. The second kappa shape index (κ2) is 4.66. The molecule has 3 heteroatoms. The molecule has 0 bridgehead atoms. The lowest BCUT2D eigenvalue weighted by atomic mass is 10.2. The fourth-order valence-electron chi connectivity index (χ4n) is 1.43. The van der Waals surface area contributed by atoms with Gasteiger partial charge in [0.25, 0.3) is 0 Å². The van der Waals surface area contributed by atoms with Crippen molar-refractivity contribution in [3.05, 3.63) is 53.9 Å². The van der Waals surface area contributed by atoms with E-state index in [0.717, 1.165) is 16.9 Å². The summed E-state index contributed by atoms with van der Waals surface area (Å²) >= 11 is 0. The maximum absolute atomic E-state index is 5.80. The zero-order valence-corrected chi connectivity index (χ0v) is 9.18. The van der Waals surface area contributed by atoms with Crippen molar-refractivity contribution in [2.75, 3.05) is 5.73 Å². The standard InChI is InChI=1S/C13H14N2O/c1-10-4-2-3-5-13(10)16-9-11-8-15-7-6-12(11)14/h2-8H,9H2,1H3,(H2,14,15). The van der Waals surface area contributed by atoms with Crippen molar-refractivity contribution < 1.29 is 4.74 Å². The Morgan fingerprint density at radius 3 is 2.81 bits per heavy atom. The van der Waals surface area contributed by atoms with Gasteiger partial charge in [-0.3, -0.25) is 4.98 Å². The lowest BCUT2D eigenvalue weighted by Crippen LogP contribution is -2.01. The highest BCUT2D eigenvalue weighted by Crippen LogP contribution is 2.19. The first kappa shape index (κ1) is 10.5. The molecule has 2 N–H and O–H groups in total. The normalized spacial score (nSPS) is 10.1. The molecular formula is C13H14N2O. The van der Waals surface area contributed by atoms with Gasteiger partial charge >= 0.3 is 0 Å². The number of aromatic nitrogens is 1. The van der Waals surface area contributed by atoms with Crippen LogP contribution in [0.25, 0.3) is 0 Å². The summed E-state index contributed by atoms with van der Waals surface area (Å²) in [7, 11) is 0. The van der Waals surface area contributed by atoms with Gasteiger partial charge in [0.2, 0.25) is 0 Å². The fourth-order valence-corrected chi connectivity index (χ4v) is 1.43. The van der Waals surface area contributed by atoms with E-state index in [9.17, 15) is 0 Å². The monoisotopic (exact) mass is 214 g/mol. The summed E-state index contributed by atoms with van der Waals surface area (Å²) in [6.45, 7) is 2.46. The Morgan fingerprint density at radius 2 is 2.06 bits per heavy atom. The van der Waals surface area contributed by atoms with Crippen LogP contribution in [-0.4, -0.2) is 4.98 Å². The van der Waals surface area contributed by atoms with Gasteiger partial charge in [0.15, 0.2) is 0 Å². The van der Waals surface area contributed by atoms with Crippen molar-refractivity contribution in [1.82, 2.24) is 4.98 Å². The summed E-state index contributed by atoms with van der Waals surface area (Å²) in [5.41, 5.74) is 8.54. The maximum atomic E-state index is 5.80. The van der Waals surface area contributed by atoms with Gasteiger partial charge < -0.3 is 10.5 Å². The largest absolute Gasteiger partial charge is 0.488 e. The minimum Gasteiger partial charge on any atom is -0.488 e. The van der Waals surface area contributed by atoms with E-state index in [1.165, 1.54) is 0 Å². The molecule has 0 radical (unpaired) electrons. The second-order valence-electron chi connectivity index (χ2n) is 3.63. The average molecular weight is 214 g/mol. The van der Waals surface area contributed by atoms with Crippen LogP contribution < -0.4 is 10.5 Å². The first-order valence-electron chi connectivity index (χ1n) is 5.14. The third kappa shape index (κ3) is 2.31. The minimum atomic E-state index is 0.449. The number of pyridine rings is 1. The van der Waals surface area contributed by atoms with Gasteiger partial charge in [-0.15, -0.1) is 0 Å². The maximum Gasteiger partial charge on any atom is 0.122 e. The fraction of sp³-hybridized carbons (Fsp3) is 0.154. The van der Waals surface area contributed by atoms with Crippen molar-refractivity contribution in [1.29, 1.82) is 0 Å². The third-order valence-electron chi connectivity index (χ3n) is 2.42. The zero-order valence-electron chi connectivity index (χ0n) is 9.18. The van der Waals surface area contributed by atoms with Gasteiger partial charge in [-0.25, -0.2) is 0 Å². The molecule has 1 aromatic carbocycles. The van der Waals surface area contributed by atoms with Crippen molar-refractivity contribution in [2.45, 2.75) is 13.5 Å². The first-order valence-corrected chi connectivity index (χ1v) is 5.14. The van der Waals surface area contributed by atoms with Crippen molar-refractivity contribution in [3.63, 3.8) is 0 Å². The van der Waals surface area contributed by atoms with Crippen LogP contribution in [0.4, 0.5) is 5.69 Å². The predicted octanol–water partition coefficient (Wildman–Crippen LogP) is 2.55. The number of nitrogen functional groups attached to an aromatic ring is 1. The number of nitrogens with zero attached hydrogens (tertiary/aromatic N) is 1. The van der Waals surface area contributed by atoms with Crippen molar-refractivity contribution >= 4 is 5.69 Å². The minimum absolute atomic E-state index is 0.449. The third-order valence-corrected chi connectivity index (χ3v) is 2.42. The molecule has 0 aliphatic rings. The molecule has 0 amide bonds. The molecule has 0 fully saturated rings. The summed E-state index contributed by atoms with van der Waals surface area (Å²) in [6.07, 6.45) is 3.40. The number of hydrogen-bond donors (Lipinski definition) is 1. The summed E-state index contributed by atoms with van der Waals surface area (Å²) < 4.78 is 5.68. The van der Waals surface area contributed by atoms with Gasteiger partial charge in [0.05, 0.1) is 0 Å². The Kier molecular flexibility index (Phi) is 3.05. The second-order valence-corrected chi connectivity index (χ2v) is 3.63. The summed E-state index contributed by atoms with van der Waals surface area (Å²) in [5, 5.41) is 0.